The van der Waals surface area contributed by atoms with Gasteiger partial charge in [0.05, 0.1) is 12.5 Å². The van der Waals surface area contributed by atoms with Crippen LogP contribution in [0.5, 0.6) is 0 Å². The molecule has 0 unspecified atom stereocenters. The van der Waals surface area contributed by atoms with Crippen molar-refractivity contribution in [2.75, 3.05) is 13.1 Å². The largest absolute Gasteiger partial charge is 0.353 e. The Hall–Kier alpha value is -1.41. The minimum Gasteiger partial charge on any atom is -0.353 e. The molecule has 2 aliphatic rings. The van der Waals surface area contributed by atoms with Crippen LogP contribution in [-0.2, 0) is 14.8 Å². The lowest BCUT2D eigenvalue weighted by Gasteiger charge is -2.36. The first-order valence-electron chi connectivity index (χ1n) is 9.18. The maximum atomic E-state index is 12.6. The van der Waals surface area contributed by atoms with E-state index in [1.165, 1.54) is 23.3 Å². The maximum Gasteiger partial charge on any atom is 0.260 e. The first kappa shape index (κ1) is 18.4. The van der Waals surface area contributed by atoms with E-state index in [0.29, 0.717) is 37.8 Å². The van der Waals surface area contributed by atoms with Gasteiger partial charge in [-0.3, -0.25) is 4.79 Å². The second-order valence-corrected chi connectivity index (χ2v) is 9.38. The summed E-state index contributed by atoms with van der Waals surface area (Å²) in [5, 5.41) is 3.34. The van der Waals surface area contributed by atoms with Gasteiger partial charge < -0.3 is 10.3 Å². The zero-order chi connectivity index (χ0) is 18.0. The highest BCUT2D eigenvalue weighted by molar-refractivity contribution is 7.89. The molecule has 2 fully saturated rings. The third-order valence-electron chi connectivity index (χ3n) is 5.95. The number of carbonyl (C=O) groups is 1. The number of amides is 1. The van der Waals surface area contributed by atoms with Crippen molar-refractivity contribution in [3.63, 3.8) is 0 Å². The van der Waals surface area contributed by atoms with Crippen LogP contribution in [0.2, 0.25) is 0 Å². The van der Waals surface area contributed by atoms with Crippen LogP contribution in [0.1, 0.15) is 46.0 Å². The van der Waals surface area contributed by atoms with E-state index in [0.717, 1.165) is 12.8 Å². The topological polar surface area (TPSA) is 95.2 Å². The Bertz CT molecular complexity index is 681. The number of sulfonamides is 1. The summed E-state index contributed by atoms with van der Waals surface area (Å²) in [5.74, 6) is 1.13. The van der Waals surface area contributed by atoms with Crippen LogP contribution in [0.4, 0.5) is 0 Å². The quantitative estimate of drug-likeness (QED) is 0.846. The Labute approximate surface area is 149 Å². The highest BCUT2D eigenvalue weighted by Gasteiger charge is 2.35. The molecule has 1 aliphatic heterocycles. The van der Waals surface area contributed by atoms with E-state index in [4.69, 9.17) is 0 Å². The van der Waals surface area contributed by atoms with Crippen molar-refractivity contribution in [2.45, 2.75) is 57.0 Å². The van der Waals surface area contributed by atoms with Gasteiger partial charge in [0.15, 0.2) is 5.03 Å². The molecule has 3 rings (SSSR count). The number of aromatic amines is 1. The Morgan fingerprint density at radius 1 is 1.24 bits per heavy atom. The van der Waals surface area contributed by atoms with Crippen LogP contribution < -0.4 is 5.32 Å². The molecule has 1 aromatic rings. The predicted octanol–water partition coefficient (Wildman–Crippen LogP) is 1.75. The molecule has 7 nitrogen and oxygen atoms in total. The highest BCUT2D eigenvalue weighted by Crippen LogP contribution is 2.30. The fourth-order valence-corrected chi connectivity index (χ4v) is 5.33. The molecular formula is C17H28N4O3S. The van der Waals surface area contributed by atoms with Gasteiger partial charge in [0, 0.05) is 25.0 Å². The number of nitrogens with one attached hydrogen (secondary N) is 2. The SMILES string of the molecule is C[C@@H]1[C@H](C)CCC[C@H]1NC(=O)C1CCN(S(=O)(=O)c2cnc[nH]2)CC1. The summed E-state index contributed by atoms with van der Waals surface area (Å²) in [7, 11) is -3.53. The van der Waals surface area contributed by atoms with E-state index in [1.807, 2.05) is 0 Å². The van der Waals surface area contributed by atoms with Crippen molar-refractivity contribution in [3.8, 4) is 0 Å². The lowest BCUT2D eigenvalue weighted by atomic mass is 9.78. The van der Waals surface area contributed by atoms with E-state index in [9.17, 15) is 13.2 Å². The van der Waals surface area contributed by atoms with Crippen molar-refractivity contribution in [1.29, 1.82) is 0 Å². The Kier molecular flexibility index (Phi) is 5.48. The van der Waals surface area contributed by atoms with Gasteiger partial charge >= 0.3 is 0 Å². The molecule has 0 aromatic carbocycles. The fourth-order valence-electron chi connectivity index (χ4n) is 3.97. The molecule has 8 heteroatoms. The van der Waals surface area contributed by atoms with Crippen molar-refractivity contribution >= 4 is 15.9 Å². The van der Waals surface area contributed by atoms with Gasteiger partial charge in [-0.25, -0.2) is 13.4 Å². The highest BCUT2D eigenvalue weighted by atomic mass is 32.2. The van der Waals surface area contributed by atoms with Crippen molar-refractivity contribution in [2.24, 2.45) is 17.8 Å². The molecule has 3 atom stereocenters. The number of nitrogens with zero attached hydrogens (tertiary/aromatic N) is 2. The number of carbonyl (C=O) groups excluding carboxylic acids is 1. The summed E-state index contributed by atoms with van der Waals surface area (Å²) in [6.07, 6.45) is 7.25. The Morgan fingerprint density at radius 2 is 1.96 bits per heavy atom. The first-order valence-corrected chi connectivity index (χ1v) is 10.6. The lowest BCUT2D eigenvalue weighted by Crippen LogP contribution is -2.48. The van der Waals surface area contributed by atoms with Gasteiger partial charge in [-0.05, 0) is 31.1 Å². The average Bonchev–Trinajstić information content (AvgIpc) is 3.14. The molecule has 0 spiro atoms. The molecule has 140 valence electrons. The van der Waals surface area contributed by atoms with Crippen molar-refractivity contribution < 1.29 is 13.2 Å². The van der Waals surface area contributed by atoms with E-state index in [2.05, 4.69) is 29.1 Å². The standard InChI is InChI=1S/C17H28N4O3S/c1-12-4-3-5-15(13(12)2)20-17(22)14-6-8-21(9-7-14)25(23,24)16-10-18-11-19-16/h10-15H,3-9H2,1-2H3,(H,18,19)(H,20,22)/t12-,13-,15-/m1/s1. The van der Waals surface area contributed by atoms with E-state index < -0.39 is 10.0 Å². The van der Waals surface area contributed by atoms with Gasteiger partial charge in [0.2, 0.25) is 5.91 Å². The molecule has 0 bridgehead atoms. The molecule has 0 radical (unpaired) electrons. The molecule has 1 aromatic heterocycles. The zero-order valence-electron chi connectivity index (χ0n) is 14.9. The number of imidazole rings is 1. The van der Waals surface area contributed by atoms with Crippen LogP contribution in [0.3, 0.4) is 0 Å². The second-order valence-electron chi connectivity index (χ2n) is 7.48. The molecule has 1 aliphatic carbocycles. The molecule has 1 saturated heterocycles. The van der Waals surface area contributed by atoms with Crippen LogP contribution in [0, 0.1) is 17.8 Å². The van der Waals surface area contributed by atoms with Gasteiger partial charge in [0.1, 0.15) is 0 Å². The summed E-state index contributed by atoms with van der Waals surface area (Å²) in [4.78, 5) is 19.0. The number of piperidine rings is 1. The van der Waals surface area contributed by atoms with Crippen LogP contribution in [-0.4, -0.2) is 47.7 Å². The molecular weight excluding hydrogens is 340 g/mol. The monoisotopic (exact) mass is 368 g/mol. The first-order chi connectivity index (χ1) is 11.9. The van der Waals surface area contributed by atoms with Gasteiger partial charge in [-0.2, -0.15) is 4.31 Å². The number of aromatic nitrogens is 2. The van der Waals surface area contributed by atoms with Gasteiger partial charge in [-0.15, -0.1) is 0 Å². The minimum atomic E-state index is -3.53. The average molecular weight is 369 g/mol. The number of rotatable bonds is 4. The molecule has 2 heterocycles. The van der Waals surface area contributed by atoms with Gasteiger partial charge in [0.25, 0.3) is 10.0 Å². The normalized spacial score (nSPS) is 29.4. The number of H-pyrrole nitrogens is 1. The summed E-state index contributed by atoms with van der Waals surface area (Å²) < 4.78 is 26.4. The van der Waals surface area contributed by atoms with Gasteiger partial charge in [-0.1, -0.05) is 26.7 Å². The Balaban J connectivity index is 1.54. The van der Waals surface area contributed by atoms with E-state index >= 15 is 0 Å². The second kappa shape index (κ2) is 7.45. The summed E-state index contributed by atoms with van der Waals surface area (Å²) >= 11 is 0. The number of hydrogen-bond acceptors (Lipinski definition) is 4. The smallest absolute Gasteiger partial charge is 0.260 e. The summed E-state index contributed by atoms with van der Waals surface area (Å²) in [6, 6.07) is 0.253. The predicted molar refractivity (Wildman–Crippen MR) is 94.2 cm³/mol. The third-order valence-corrected chi connectivity index (χ3v) is 7.77. The van der Waals surface area contributed by atoms with Crippen molar-refractivity contribution in [1.82, 2.24) is 19.6 Å². The fraction of sp³-hybridized carbons (Fsp3) is 0.765. The van der Waals surface area contributed by atoms with Crippen LogP contribution >= 0.6 is 0 Å². The third kappa shape index (κ3) is 3.89. The summed E-state index contributed by atoms with van der Waals surface area (Å²) in [6.45, 7) is 5.21. The van der Waals surface area contributed by atoms with Crippen molar-refractivity contribution in [3.05, 3.63) is 12.5 Å². The molecule has 2 N–H and O–H groups in total. The lowest BCUT2D eigenvalue weighted by molar-refractivity contribution is -0.127. The van der Waals surface area contributed by atoms with Crippen LogP contribution in [0.25, 0.3) is 0 Å². The maximum absolute atomic E-state index is 12.6. The Morgan fingerprint density at radius 3 is 2.60 bits per heavy atom. The number of hydrogen-bond donors (Lipinski definition) is 2. The summed E-state index contributed by atoms with van der Waals surface area (Å²) in [5.41, 5.74) is 0. The minimum absolute atomic E-state index is 0.0875. The molecule has 25 heavy (non-hydrogen) atoms. The van der Waals surface area contributed by atoms with E-state index in [1.54, 1.807) is 0 Å². The molecule has 1 saturated carbocycles. The van der Waals surface area contributed by atoms with Crippen LogP contribution in [0.15, 0.2) is 17.6 Å². The zero-order valence-corrected chi connectivity index (χ0v) is 15.8. The van der Waals surface area contributed by atoms with E-state index in [-0.39, 0.29) is 22.9 Å². The molecule has 1 amide bonds.